The van der Waals surface area contributed by atoms with E-state index in [9.17, 15) is 4.79 Å². The lowest BCUT2D eigenvalue weighted by molar-refractivity contribution is -0.122. The van der Waals surface area contributed by atoms with Gasteiger partial charge in [-0.25, -0.2) is 0 Å². The summed E-state index contributed by atoms with van der Waals surface area (Å²) in [7, 11) is 0. The average molecular weight is 317 g/mol. The Kier molecular flexibility index (Phi) is 5.95. The third kappa shape index (κ3) is 4.85. The number of carbonyl (C=O) groups excluding carboxylic acids is 1. The number of benzene rings is 1. The molecule has 1 aliphatic rings. The zero-order chi connectivity index (χ0) is 14.4. The van der Waals surface area contributed by atoms with Crippen molar-refractivity contribution in [2.75, 3.05) is 19.7 Å². The molecule has 0 spiro atoms. The minimum atomic E-state index is 0.00351. The third-order valence-electron chi connectivity index (χ3n) is 3.14. The largest absolute Gasteiger partial charge is 0.491 e. The summed E-state index contributed by atoms with van der Waals surface area (Å²) < 4.78 is 5.48. The van der Waals surface area contributed by atoms with Crippen molar-refractivity contribution < 1.29 is 9.53 Å². The van der Waals surface area contributed by atoms with E-state index < -0.39 is 0 Å². The number of rotatable bonds is 5. The first-order chi connectivity index (χ1) is 9.65. The van der Waals surface area contributed by atoms with Gasteiger partial charge < -0.3 is 15.4 Å². The van der Waals surface area contributed by atoms with Gasteiger partial charge in [0.25, 0.3) is 0 Å². The van der Waals surface area contributed by atoms with Crippen molar-refractivity contribution in [3.05, 3.63) is 28.2 Å². The van der Waals surface area contributed by atoms with E-state index >= 15 is 0 Å². The number of nitrogens with one attached hydrogen (secondary N) is 2. The van der Waals surface area contributed by atoms with E-state index in [1.807, 2.05) is 0 Å². The highest BCUT2D eigenvalue weighted by Crippen LogP contribution is 2.27. The summed E-state index contributed by atoms with van der Waals surface area (Å²) in [4.78, 5) is 11.8. The highest BCUT2D eigenvalue weighted by Gasteiger charge is 2.15. The van der Waals surface area contributed by atoms with Crippen LogP contribution in [0.1, 0.15) is 19.3 Å². The molecule has 4 nitrogen and oxygen atoms in total. The summed E-state index contributed by atoms with van der Waals surface area (Å²) >= 11 is 11.8. The summed E-state index contributed by atoms with van der Waals surface area (Å²) in [5.74, 6) is 0.548. The molecule has 2 N–H and O–H groups in total. The predicted molar refractivity (Wildman–Crippen MR) is 80.6 cm³/mol. The lowest BCUT2D eigenvalue weighted by Gasteiger charge is -2.23. The molecule has 1 amide bonds. The molecule has 2 rings (SSSR count). The summed E-state index contributed by atoms with van der Waals surface area (Å²) in [6.45, 7) is 2.17. The molecule has 1 aromatic carbocycles. The van der Waals surface area contributed by atoms with E-state index in [2.05, 4.69) is 10.6 Å². The molecule has 6 heteroatoms. The van der Waals surface area contributed by atoms with Crippen LogP contribution in [0.5, 0.6) is 5.75 Å². The Morgan fingerprint density at radius 2 is 2.30 bits per heavy atom. The molecule has 110 valence electrons. The van der Waals surface area contributed by atoms with Crippen molar-refractivity contribution in [2.45, 2.75) is 25.3 Å². The molecule has 0 radical (unpaired) electrons. The van der Waals surface area contributed by atoms with Crippen LogP contribution in [0.2, 0.25) is 10.0 Å². The Bertz CT molecular complexity index is 462. The number of amides is 1. The average Bonchev–Trinajstić information content (AvgIpc) is 2.42. The van der Waals surface area contributed by atoms with Crippen LogP contribution in [0.3, 0.4) is 0 Å². The van der Waals surface area contributed by atoms with E-state index in [0.717, 1.165) is 25.9 Å². The fourth-order valence-corrected chi connectivity index (χ4v) is 2.58. The van der Waals surface area contributed by atoms with E-state index in [1.165, 1.54) is 0 Å². The second-order valence-corrected chi connectivity index (χ2v) is 5.63. The van der Waals surface area contributed by atoms with E-state index in [4.69, 9.17) is 27.9 Å². The van der Waals surface area contributed by atoms with Crippen LogP contribution < -0.4 is 15.4 Å². The van der Waals surface area contributed by atoms with Gasteiger partial charge in [-0.15, -0.1) is 0 Å². The maximum Gasteiger partial charge on any atom is 0.223 e. The maximum atomic E-state index is 11.8. The number of ether oxygens (including phenoxy) is 1. The first-order valence-electron chi connectivity index (χ1n) is 6.73. The van der Waals surface area contributed by atoms with Crippen LogP contribution in [0.25, 0.3) is 0 Å². The zero-order valence-electron chi connectivity index (χ0n) is 11.1. The molecule has 0 bridgehead atoms. The van der Waals surface area contributed by atoms with Crippen LogP contribution in [-0.2, 0) is 4.79 Å². The summed E-state index contributed by atoms with van der Waals surface area (Å²) in [5, 5.41) is 7.27. The van der Waals surface area contributed by atoms with Gasteiger partial charge in [0.2, 0.25) is 5.91 Å². The smallest absolute Gasteiger partial charge is 0.223 e. The number of hydrogen-bond acceptors (Lipinski definition) is 3. The van der Waals surface area contributed by atoms with Crippen molar-refractivity contribution in [2.24, 2.45) is 0 Å². The van der Waals surface area contributed by atoms with Gasteiger partial charge in [-0.3, -0.25) is 4.79 Å². The van der Waals surface area contributed by atoms with Gasteiger partial charge in [0.1, 0.15) is 5.75 Å². The van der Waals surface area contributed by atoms with Crippen LogP contribution in [-0.4, -0.2) is 31.6 Å². The molecule has 1 atom stereocenters. The standard InChI is InChI=1S/C14H18Cl2N2O2/c15-10-3-4-13(12(16)8-10)20-7-5-14(19)18-11-2-1-6-17-9-11/h3-4,8,11,17H,1-2,5-7,9H2,(H,18,19)/t11-/m0/s1. The lowest BCUT2D eigenvalue weighted by Crippen LogP contribution is -2.45. The molecule has 0 aliphatic carbocycles. The van der Waals surface area contributed by atoms with Gasteiger partial charge in [0.15, 0.2) is 0 Å². The van der Waals surface area contributed by atoms with Gasteiger partial charge in [-0.2, -0.15) is 0 Å². The number of piperidine rings is 1. The van der Waals surface area contributed by atoms with Gasteiger partial charge in [0.05, 0.1) is 18.1 Å². The fraction of sp³-hybridized carbons (Fsp3) is 0.500. The zero-order valence-corrected chi connectivity index (χ0v) is 12.6. The number of carbonyl (C=O) groups is 1. The molecular weight excluding hydrogens is 299 g/mol. The van der Waals surface area contributed by atoms with Crippen molar-refractivity contribution in [1.29, 1.82) is 0 Å². The molecule has 1 aromatic rings. The lowest BCUT2D eigenvalue weighted by atomic mass is 10.1. The second-order valence-electron chi connectivity index (χ2n) is 4.78. The first-order valence-corrected chi connectivity index (χ1v) is 7.48. The molecule has 1 aliphatic heterocycles. The predicted octanol–water partition coefficient (Wildman–Crippen LogP) is 2.63. The summed E-state index contributed by atoms with van der Waals surface area (Å²) in [6, 6.07) is 5.26. The summed E-state index contributed by atoms with van der Waals surface area (Å²) in [6.07, 6.45) is 2.44. The van der Waals surface area contributed by atoms with Crippen LogP contribution >= 0.6 is 23.2 Å². The van der Waals surface area contributed by atoms with Gasteiger partial charge in [-0.05, 0) is 37.6 Å². The Labute approximate surface area is 128 Å². The van der Waals surface area contributed by atoms with E-state index in [1.54, 1.807) is 18.2 Å². The minimum absolute atomic E-state index is 0.00351. The Hall–Kier alpha value is -0.970. The van der Waals surface area contributed by atoms with Crippen LogP contribution in [0.15, 0.2) is 18.2 Å². The molecule has 1 saturated heterocycles. The monoisotopic (exact) mass is 316 g/mol. The topological polar surface area (TPSA) is 50.4 Å². The third-order valence-corrected chi connectivity index (χ3v) is 3.67. The number of halogens is 2. The highest BCUT2D eigenvalue weighted by molar-refractivity contribution is 6.35. The van der Waals surface area contributed by atoms with E-state index in [-0.39, 0.29) is 11.9 Å². The molecule has 0 saturated carbocycles. The van der Waals surface area contributed by atoms with Crippen LogP contribution in [0, 0.1) is 0 Å². The molecule has 20 heavy (non-hydrogen) atoms. The maximum absolute atomic E-state index is 11.8. The van der Waals surface area contributed by atoms with E-state index in [0.29, 0.717) is 28.8 Å². The normalized spacial score (nSPS) is 18.6. The summed E-state index contributed by atoms with van der Waals surface area (Å²) in [5.41, 5.74) is 0. The van der Waals surface area contributed by atoms with Gasteiger partial charge >= 0.3 is 0 Å². The Morgan fingerprint density at radius 3 is 3.00 bits per heavy atom. The minimum Gasteiger partial charge on any atom is -0.491 e. The van der Waals surface area contributed by atoms with Crippen LogP contribution in [0.4, 0.5) is 0 Å². The molecule has 0 aromatic heterocycles. The second kappa shape index (κ2) is 7.72. The Morgan fingerprint density at radius 1 is 1.45 bits per heavy atom. The quantitative estimate of drug-likeness (QED) is 0.878. The van der Waals surface area contributed by atoms with Crippen molar-refractivity contribution in [3.8, 4) is 5.75 Å². The molecule has 1 heterocycles. The van der Waals surface area contributed by atoms with Crippen molar-refractivity contribution >= 4 is 29.1 Å². The van der Waals surface area contributed by atoms with Crippen molar-refractivity contribution in [1.82, 2.24) is 10.6 Å². The molecule has 1 fully saturated rings. The molecular formula is C14H18Cl2N2O2. The highest BCUT2D eigenvalue weighted by atomic mass is 35.5. The van der Waals surface area contributed by atoms with Crippen molar-refractivity contribution in [3.63, 3.8) is 0 Å². The van der Waals surface area contributed by atoms with Gasteiger partial charge in [-0.1, -0.05) is 23.2 Å². The van der Waals surface area contributed by atoms with Gasteiger partial charge in [0, 0.05) is 17.6 Å². The number of hydrogen-bond donors (Lipinski definition) is 2. The molecule has 0 unspecified atom stereocenters. The SMILES string of the molecule is O=C(CCOc1ccc(Cl)cc1Cl)N[C@H]1CCCNC1. The first kappa shape index (κ1) is 15.4. The Balaban J connectivity index is 1.70. The fourth-order valence-electron chi connectivity index (χ4n) is 2.12.